The fraction of sp³-hybridized carbons (Fsp3) is 0.778. The summed E-state index contributed by atoms with van der Waals surface area (Å²) >= 11 is 0. The quantitative estimate of drug-likeness (QED) is 0.549. The van der Waals surface area contributed by atoms with Crippen LogP contribution in [0.1, 0.15) is 25.7 Å². The van der Waals surface area contributed by atoms with Crippen LogP contribution >= 0.6 is 0 Å². The normalized spacial score (nSPS) is 21.6. The van der Waals surface area contributed by atoms with Gasteiger partial charge in [-0.15, -0.1) is 0 Å². The number of hydrogen-bond donors (Lipinski definition) is 3. The van der Waals surface area contributed by atoms with E-state index in [0.717, 1.165) is 25.8 Å². The first-order valence-electron chi connectivity index (χ1n) is 4.99. The minimum Gasteiger partial charge on any atom is -0.370 e. The summed E-state index contributed by atoms with van der Waals surface area (Å²) in [6.45, 7) is 1.24. The number of piperidine rings is 1. The van der Waals surface area contributed by atoms with Gasteiger partial charge in [-0.25, -0.2) is 0 Å². The number of carbonyl (C=O) groups is 2. The topological polar surface area (TPSA) is 84.2 Å². The Labute approximate surface area is 83.4 Å². The molecule has 1 aliphatic heterocycles. The Morgan fingerprint density at radius 1 is 1.43 bits per heavy atom. The van der Waals surface area contributed by atoms with Crippen LogP contribution in [0.15, 0.2) is 0 Å². The second-order valence-corrected chi connectivity index (χ2v) is 3.51. The van der Waals surface area contributed by atoms with Crippen molar-refractivity contribution in [2.45, 2.75) is 31.7 Å². The zero-order valence-electron chi connectivity index (χ0n) is 8.21. The molecule has 0 saturated carbocycles. The van der Waals surface area contributed by atoms with Gasteiger partial charge in [0.15, 0.2) is 0 Å². The van der Waals surface area contributed by atoms with Crippen molar-refractivity contribution in [3.05, 3.63) is 0 Å². The van der Waals surface area contributed by atoms with Crippen LogP contribution in [0.3, 0.4) is 0 Å². The third-order valence-electron chi connectivity index (χ3n) is 2.30. The van der Waals surface area contributed by atoms with E-state index in [1.165, 1.54) is 0 Å². The highest BCUT2D eigenvalue weighted by molar-refractivity contribution is 5.82. The predicted octanol–water partition coefficient (Wildman–Crippen LogP) is -0.880. The van der Waals surface area contributed by atoms with Crippen LogP contribution in [-0.2, 0) is 9.59 Å². The molecule has 14 heavy (non-hydrogen) atoms. The van der Waals surface area contributed by atoms with Gasteiger partial charge in [-0.1, -0.05) is 6.42 Å². The molecule has 1 aliphatic rings. The number of hydrogen-bond acceptors (Lipinski definition) is 3. The van der Waals surface area contributed by atoms with Crippen molar-refractivity contribution in [3.63, 3.8) is 0 Å². The highest BCUT2D eigenvalue weighted by Crippen LogP contribution is 2.06. The van der Waals surface area contributed by atoms with E-state index in [0.29, 0.717) is 6.54 Å². The van der Waals surface area contributed by atoms with Crippen LogP contribution in [0.4, 0.5) is 0 Å². The van der Waals surface area contributed by atoms with Crippen LogP contribution in [0, 0.1) is 0 Å². The Kier molecular flexibility index (Phi) is 4.39. The summed E-state index contributed by atoms with van der Waals surface area (Å²) in [6, 6.07) is -0.0865. The molecule has 2 amide bonds. The lowest BCUT2D eigenvalue weighted by Gasteiger charge is -2.22. The van der Waals surface area contributed by atoms with Crippen molar-refractivity contribution in [1.29, 1.82) is 0 Å². The molecular weight excluding hydrogens is 182 g/mol. The van der Waals surface area contributed by atoms with Crippen LogP contribution in [0.5, 0.6) is 0 Å². The fourth-order valence-corrected chi connectivity index (χ4v) is 1.51. The van der Waals surface area contributed by atoms with Gasteiger partial charge >= 0.3 is 0 Å². The van der Waals surface area contributed by atoms with E-state index in [-0.39, 0.29) is 24.3 Å². The van der Waals surface area contributed by atoms with Crippen molar-refractivity contribution in [3.8, 4) is 0 Å². The first-order chi connectivity index (χ1) is 6.70. The van der Waals surface area contributed by atoms with Gasteiger partial charge in [-0.05, 0) is 19.4 Å². The number of primary amides is 1. The first-order valence-corrected chi connectivity index (χ1v) is 4.99. The summed E-state index contributed by atoms with van der Waals surface area (Å²) in [5.74, 6) is -0.409. The SMILES string of the molecule is NC(=O)CCNC(=O)C1CCCCN1. The lowest BCUT2D eigenvalue weighted by molar-refractivity contribution is -0.123. The zero-order valence-corrected chi connectivity index (χ0v) is 8.21. The number of nitrogens with one attached hydrogen (secondary N) is 2. The van der Waals surface area contributed by atoms with Crippen molar-refractivity contribution in [2.24, 2.45) is 5.73 Å². The van der Waals surface area contributed by atoms with Gasteiger partial charge in [0.05, 0.1) is 6.04 Å². The maximum atomic E-state index is 11.5. The Hall–Kier alpha value is -1.10. The Morgan fingerprint density at radius 2 is 2.21 bits per heavy atom. The number of carbonyl (C=O) groups excluding carboxylic acids is 2. The lowest BCUT2D eigenvalue weighted by Crippen LogP contribution is -2.47. The van der Waals surface area contributed by atoms with E-state index in [9.17, 15) is 9.59 Å². The number of nitrogens with two attached hydrogens (primary N) is 1. The van der Waals surface area contributed by atoms with Crippen LogP contribution in [0.25, 0.3) is 0 Å². The molecule has 5 heteroatoms. The smallest absolute Gasteiger partial charge is 0.237 e. The van der Waals surface area contributed by atoms with E-state index in [1.54, 1.807) is 0 Å². The van der Waals surface area contributed by atoms with Gasteiger partial charge in [0, 0.05) is 13.0 Å². The maximum Gasteiger partial charge on any atom is 0.237 e. The molecule has 1 saturated heterocycles. The first kappa shape index (κ1) is 11.0. The van der Waals surface area contributed by atoms with Gasteiger partial charge in [0.1, 0.15) is 0 Å². The molecule has 1 unspecified atom stereocenters. The van der Waals surface area contributed by atoms with Crippen molar-refractivity contribution < 1.29 is 9.59 Å². The molecule has 5 nitrogen and oxygen atoms in total. The molecule has 1 rings (SSSR count). The van der Waals surface area contributed by atoms with Crippen molar-refractivity contribution in [1.82, 2.24) is 10.6 Å². The molecule has 1 fully saturated rings. The molecule has 1 atom stereocenters. The van der Waals surface area contributed by atoms with Gasteiger partial charge < -0.3 is 16.4 Å². The average molecular weight is 199 g/mol. The lowest BCUT2D eigenvalue weighted by atomic mass is 10.0. The number of amides is 2. The molecule has 0 aliphatic carbocycles. The summed E-state index contributed by atoms with van der Waals surface area (Å²) in [5, 5.41) is 5.81. The van der Waals surface area contributed by atoms with Gasteiger partial charge in [-0.3, -0.25) is 9.59 Å². The summed E-state index contributed by atoms with van der Waals surface area (Å²) in [5.41, 5.74) is 4.95. The summed E-state index contributed by atoms with van der Waals surface area (Å²) in [4.78, 5) is 21.9. The molecule has 0 aromatic carbocycles. The highest BCUT2D eigenvalue weighted by atomic mass is 16.2. The average Bonchev–Trinajstić information content (AvgIpc) is 2.18. The molecule has 1 heterocycles. The zero-order chi connectivity index (χ0) is 10.4. The standard InChI is InChI=1S/C9H17N3O2/c10-8(13)4-6-12-9(14)7-3-1-2-5-11-7/h7,11H,1-6H2,(H2,10,13)(H,12,14). The minimum absolute atomic E-state index is 0.0223. The molecule has 0 spiro atoms. The summed E-state index contributed by atoms with van der Waals surface area (Å²) in [7, 11) is 0. The Bertz CT molecular complexity index is 212. The highest BCUT2D eigenvalue weighted by Gasteiger charge is 2.19. The van der Waals surface area contributed by atoms with Crippen LogP contribution in [0.2, 0.25) is 0 Å². The third kappa shape index (κ3) is 3.74. The third-order valence-corrected chi connectivity index (χ3v) is 2.30. The van der Waals surface area contributed by atoms with Crippen LogP contribution in [-0.4, -0.2) is 30.9 Å². The van der Waals surface area contributed by atoms with E-state index in [1.807, 2.05) is 0 Å². The predicted molar refractivity (Wildman–Crippen MR) is 52.5 cm³/mol. The molecular formula is C9H17N3O2. The summed E-state index contributed by atoms with van der Waals surface area (Å²) < 4.78 is 0. The summed E-state index contributed by atoms with van der Waals surface area (Å²) in [6.07, 6.45) is 3.30. The second-order valence-electron chi connectivity index (χ2n) is 3.51. The molecule has 80 valence electrons. The Morgan fingerprint density at radius 3 is 2.79 bits per heavy atom. The molecule has 4 N–H and O–H groups in total. The molecule has 0 radical (unpaired) electrons. The van der Waals surface area contributed by atoms with Crippen LogP contribution < -0.4 is 16.4 Å². The minimum atomic E-state index is -0.387. The fourth-order valence-electron chi connectivity index (χ4n) is 1.51. The van der Waals surface area contributed by atoms with E-state index >= 15 is 0 Å². The Balaban J connectivity index is 2.16. The second kappa shape index (κ2) is 5.59. The maximum absolute atomic E-state index is 11.5. The van der Waals surface area contributed by atoms with Crippen molar-refractivity contribution in [2.75, 3.05) is 13.1 Å². The largest absolute Gasteiger partial charge is 0.370 e. The number of rotatable bonds is 4. The van der Waals surface area contributed by atoms with E-state index in [4.69, 9.17) is 5.73 Å². The monoisotopic (exact) mass is 199 g/mol. The molecule has 0 aromatic rings. The van der Waals surface area contributed by atoms with Gasteiger partial charge in [-0.2, -0.15) is 0 Å². The van der Waals surface area contributed by atoms with Gasteiger partial charge in [0.2, 0.25) is 11.8 Å². The molecule has 0 bridgehead atoms. The van der Waals surface area contributed by atoms with Crippen molar-refractivity contribution >= 4 is 11.8 Å². The van der Waals surface area contributed by atoms with E-state index < -0.39 is 0 Å². The molecule has 0 aromatic heterocycles. The van der Waals surface area contributed by atoms with Gasteiger partial charge in [0.25, 0.3) is 0 Å². The van der Waals surface area contributed by atoms with E-state index in [2.05, 4.69) is 10.6 Å².